The Labute approximate surface area is 94.3 Å². The number of ether oxygens (including phenoxy) is 2. The normalized spacial score (nSPS) is 9.88. The Morgan fingerprint density at radius 3 is 2.81 bits per heavy atom. The molecule has 0 saturated carbocycles. The summed E-state index contributed by atoms with van der Waals surface area (Å²) in [6, 6.07) is 5.07. The lowest BCUT2D eigenvalue weighted by Crippen LogP contribution is -2.13. The van der Waals surface area contributed by atoms with Crippen LogP contribution in [0.5, 0.6) is 11.5 Å². The van der Waals surface area contributed by atoms with E-state index in [1.54, 1.807) is 25.3 Å². The first kappa shape index (κ1) is 12.3. The molecule has 0 aliphatic heterocycles. The molecule has 0 atom stereocenters. The molecule has 0 spiro atoms. The van der Waals surface area contributed by atoms with E-state index >= 15 is 0 Å². The molecule has 0 bridgehead atoms. The van der Waals surface area contributed by atoms with Crippen molar-refractivity contribution in [2.75, 3.05) is 20.3 Å². The Morgan fingerprint density at radius 2 is 2.25 bits per heavy atom. The van der Waals surface area contributed by atoms with Crippen LogP contribution in [0.3, 0.4) is 0 Å². The van der Waals surface area contributed by atoms with E-state index < -0.39 is 0 Å². The van der Waals surface area contributed by atoms with Crippen LogP contribution in [0.1, 0.15) is 12.0 Å². The van der Waals surface area contributed by atoms with Crippen molar-refractivity contribution in [2.45, 2.75) is 6.42 Å². The second-order valence-corrected chi connectivity index (χ2v) is 3.20. The van der Waals surface area contributed by atoms with Gasteiger partial charge in [-0.2, -0.15) is 0 Å². The van der Waals surface area contributed by atoms with Crippen molar-refractivity contribution >= 4 is 5.84 Å². The molecule has 1 aromatic carbocycles. The number of nitrogen functional groups attached to an aromatic ring is 1. The van der Waals surface area contributed by atoms with Gasteiger partial charge in [0.15, 0.2) is 0 Å². The Morgan fingerprint density at radius 1 is 1.50 bits per heavy atom. The van der Waals surface area contributed by atoms with Gasteiger partial charge in [-0.15, -0.1) is 0 Å². The van der Waals surface area contributed by atoms with Gasteiger partial charge in [0.1, 0.15) is 17.3 Å². The highest BCUT2D eigenvalue weighted by Gasteiger charge is 2.08. The maximum atomic E-state index is 8.65. The fraction of sp³-hybridized carbons (Fsp3) is 0.364. The Hall–Kier alpha value is -1.75. The van der Waals surface area contributed by atoms with Crippen LogP contribution < -0.4 is 15.2 Å². The first-order chi connectivity index (χ1) is 7.69. The standard InChI is InChI=1S/C11H16N2O3/c1-15-8-3-4-9(11(12)13)10(7-8)16-6-2-5-14/h3-4,7,14H,2,5-6H2,1H3,(H3,12,13). The number of nitrogens with one attached hydrogen (secondary N) is 1. The summed E-state index contributed by atoms with van der Waals surface area (Å²) >= 11 is 0. The number of aliphatic hydroxyl groups excluding tert-OH is 1. The van der Waals surface area contributed by atoms with Gasteiger partial charge in [-0.3, -0.25) is 5.41 Å². The number of hydrogen-bond donors (Lipinski definition) is 3. The third-order valence-electron chi connectivity index (χ3n) is 2.04. The molecular weight excluding hydrogens is 208 g/mol. The van der Waals surface area contributed by atoms with E-state index in [0.717, 1.165) is 0 Å². The largest absolute Gasteiger partial charge is 0.497 e. The minimum atomic E-state index is -0.0540. The summed E-state index contributed by atoms with van der Waals surface area (Å²) in [7, 11) is 1.56. The lowest BCUT2D eigenvalue weighted by Gasteiger charge is -2.11. The minimum absolute atomic E-state index is 0.0540. The molecule has 0 radical (unpaired) electrons. The first-order valence-corrected chi connectivity index (χ1v) is 4.95. The van der Waals surface area contributed by atoms with E-state index in [1.165, 1.54) is 0 Å². The van der Waals surface area contributed by atoms with E-state index in [-0.39, 0.29) is 12.4 Å². The molecule has 0 aliphatic rings. The minimum Gasteiger partial charge on any atom is -0.497 e. The number of aliphatic hydroxyl groups is 1. The van der Waals surface area contributed by atoms with Gasteiger partial charge in [0, 0.05) is 19.1 Å². The van der Waals surface area contributed by atoms with Crippen LogP contribution in [0.4, 0.5) is 0 Å². The van der Waals surface area contributed by atoms with Gasteiger partial charge < -0.3 is 20.3 Å². The van der Waals surface area contributed by atoms with Crippen LogP contribution >= 0.6 is 0 Å². The van der Waals surface area contributed by atoms with Crippen molar-refractivity contribution in [1.82, 2.24) is 0 Å². The topological polar surface area (TPSA) is 88.6 Å². The maximum Gasteiger partial charge on any atom is 0.133 e. The molecule has 0 amide bonds. The SMILES string of the molecule is COc1ccc(C(=N)N)c(OCCCO)c1. The van der Waals surface area contributed by atoms with Crippen LogP contribution in [0.25, 0.3) is 0 Å². The zero-order chi connectivity index (χ0) is 12.0. The zero-order valence-corrected chi connectivity index (χ0v) is 9.19. The number of rotatable bonds is 6. The summed E-state index contributed by atoms with van der Waals surface area (Å²) in [5.41, 5.74) is 5.95. The molecule has 0 saturated heterocycles. The molecular formula is C11H16N2O3. The number of hydrogen-bond acceptors (Lipinski definition) is 4. The van der Waals surface area contributed by atoms with Gasteiger partial charge in [0.2, 0.25) is 0 Å². The third-order valence-corrected chi connectivity index (χ3v) is 2.04. The van der Waals surface area contributed by atoms with E-state index in [4.69, 9.17) is 25.7 Å². The quantitative estimate of drug-likeness (QED) is 0.378. The summed E-state index contributed by atoms with van der Waals surface area (Å²) in [5.74, 6) is 1.09. The van der Waals surface area contributed by atoms with E-state index in [1.807, 2.05) is 0 Å². The molecule has 16 heavy (non-hydrogen) atoms. The lowest BCUT2D eigenvalue weighted by atomic mass is 10.2. The maximum absolute atomic E-state index is 8.65. The zero-order valence-electron chi connectivity index (χ0n) is 9.19. The molecule has 0 unspecified atom stereocenters. The van der Waals surface area contributed by atoms with Crippen molar-refractivity contribution in [2.24, 2.45) is 5.73 Å². The van der Waals surface area contributed by atoms with Crippen molar-refractivity contribution in [3.63, 3.8) is 0 Å². The fourth-order valence-electron chi connectivity index (χ4n) is 1.22. The molecule has 0 fully saturated rings. The van der Waals surface area contributed by atoms with Crippen molar-refractivity contribution in [3.8, 4) is 11.5 Å². The van der Waals surface area contributed by atoms with E-state index in [2.05, 4.69) is 0 Å². The summed E-state index contributed by atoms with van der Waals surface area (Å²) in [5, 5.41) is 16.0. The van der Waals surface area contributed by atoms with E-state index in [9.17, 15) is 0 Å². The Balaban J connectivity index is 2.87. The van der Waals surface area contributed by atoms with Crippen molar-refractivity contribution in [3.05, 3.63) is 23.8 Å². The van der Waals surface area contributed by atoms with Gasteiger partial charge in [-0.25, -0.2) is 0 Å². The average molecular weight is 224 g/mol. The van der Waals surface area contributed by atoms with Gasteiger partial charge in [-0.05, 0) is 12.1 Å². The molecule has 4 N–H and O–H groups in total. The summed E-state index contributed by atoms with van der Waals surface area (Å²) < 4.78 is 10.5. The van der Waals surface area contributed by atoms with Crippen LogP contribution in [0, 0.1) is 5.41 Å². The molecule has 5 heteroatoms. The lowest BCUT2D eigenvalue weighted by molar-refractivity contribution is 0.233. The predicted octanol–water partition coefficient (Wildman–Crippen LogP) is 0.740. The second kappa shape index (κ2) is 5.97. The summed E-state index contributed by atoms with van der Waals surface area (Å²) in [6.45, 7) is 0.448. The van der Waals surface area contributed by atoms with Crippen molar-refractivity contribution < 1.29 is 14.6 Å². The Kier molecular flexibility index (Phi) is 4.60. The smallest absolute Gasteiger partial charge is 0.133 e. The molecule has 88 valence electrons. The van der Waals surface area contributed by atoms with Crippen LogP contribution in [-0.4, -0.2) is 31.3 Å². The number of methoxy groups -OCH3 is 1. The molecule has 5 nitrogen and oxygen atoms in total. The highest BCUT2D eigenvalue weighted by molar-refractivity contribution is 5.97. The molecule has 0 aliphatic carbocycles. The number of nitrogens with two attached hydrogens (primary N) is 1. The van der Waals surface area contributed by atoms with E-state index in [0.29, 0.717) is 30.1 Å². The molecule has 0 aromatic heterocycles. The number of benzene rings is 1. The van der Waals surface area contributed by atoms with Crippen molar-refractivity contribution in [1.29, 1.82) is 5.41 Å². The van der Waals surface area contributed by atoms with Crippen LogP contribution in [0.2, 0.25) is 0 Å². The van der Waals surface area contributed by atoms with Gasteiger partial charge >= 0.3 is 0 Å². The molecule has 0 heterocycles. The van der Waals surface area contributed by atoms with Gasteiger partial charge in [0.25, 0.3) is 0 Å². The summed E-state index contributed by atoms with van der Waals surface area (Å²) in [6.07, 6.45) is 0.536. The monoisotopic (exact) mass is 224 g/mol. The Bertz CT molecular complexity index is 366. The highest BCUT2D eigenvalue weighted by atomic mass is 16.5. The fourth-order valence-corrected chi connectivity index (χ4v) is 1.22. The van der Waals surface area contributed by atoms with Gasteiger partial charge in [-0.1, -0.05) is 0 Å². The molecule has 1 rings (SSSR count). The molecule has 1 aromatic rings. The van der Waals surface area contributed by atoms with Crippen LogP contribution in [-0.2, 0) is 0 Å². The first-order valence-electron chi connectivity index (χ1n) is 4.95. The van der Waals surface area contributed by atoms with Crippen LogP contribution in [0.15, 0.2) is 18.2 Å². The second-order valence-electron chi connectivity index (χ2n) is 3.20. The summed E-state index contributed by atoms with van der Waals surface area (Å²) in [4.78, 5) is 0. The van der Waals surface area contributed by atoms with Gasteiger partial charge in [0.05, 0.1) is 19.3 Å². The highest BCUT2D eigenvalue weighted by Crippen LogP contribution is 2.24. The predicted molar refractivity (Wildman–Crippen MR) is 61.2 cm³/mol. The third kappa shape index (κ3) is 3.13. The average Bonchev–Trinajstić information content (AvgIpc) is 2.29. The number of amidine groups is 1.